The molecule has 1 aromatic rings. The summed E-state index contributed by atoms with van der Waals surface area (Å²) < 4.78 is 5.41. The molecule has 2 aliphatic heterocycles. The third kappa shape index (κ3) is 4.19. The minimum Gasteiger partial charge on any atom is -0.481 e. The first-order chi connectivity index (χ1) is 12.5. The van der Waals surface area contributed by atoms with E-state index in [4.69, 9.17) is 9.84 Å². The monoisotopic (exact) mass is 378 g/mol. The zero-order valence-electron chi connectivity index (χ0n) is 14.6. The summed E-state index contributed by atoms with van der Waals surface area (Å²) in [5.74, 6) is -1.50. The fraction of sp³-hybridized carbons (Fsp3) is 0.500. The number of carbonyl (C=O) groups excluding carboxylic acids is 2. The Morgan fingerprint density at radius 3 is 2.65 bits per heavy atom. The lowest BCUT2D eigenvalue weighted by Gasteiger charge is -2.33. The maximum Gasteiger partial charge on any atom is 0.306 e. The second-order valence-corrected chi connectivity index (χ2v) is 7.36. The second-order valence-electron chi connectivity index (χ2n) is 6.48. The van der Waals surface area contributed by atoms with E-state index in [2.05, 4.69) is 0 Å². The number of ether oxygens (including phenoxy) is 1. The number of hydrogen-bond acceptors (Lipinski definition) is 5. The number of nitrogens with zero attached hydrogens (tertiary/aromatic N) is 2. The lowest BCUT2D eigenvalue weighted by atomic mass is 10.1. The van der Waals surface area contributed by atoms with Gasteiger partial charge in [-0.1, -0.05) is 0 Å². The lowest BCUT2D eigenvalue weighted by Crippen LogP contribution is -2.48. The maximum absolute atomic E-state index is 12.8. The third-order valence-electron chi connectivity index (χ3n) is 4.71. The van der Waals surface area contributed by atoms with E-state index in [1.54, 1.807) is 21.6 Å². The van der Waals surface area contributed by atoms with Crippen molar-refractivity contribution in [3.8, 4) is 0 Å². The number of anilines is 1. The molecule has 2 atom stereocenters. The summed E-state index contributed by atoms with van der Waals surface area (Å²) in [5.41, 5.74) is 0.800. The summed E-state index contributed by atoms with van der Waals surface area (Å²) >= 11 is 1.63. The zero-order chi connectivity index (χ0) is 18.7. The predicted molar refractivity (Wildman–Crippen MR) is 97.3 cm³/mol. The number of morpholine rings is 1. The molecule has 7 nitrogen and oxygen atoms in total. The topological polar surface area (TPSA) is 87.2 Å². The lowest BCUT2D eigenvalue weighted by molar-refractivity contribution is -0.149. The van der Waals surface area contributed by atoms with Gasteiger partial charge in [-0.15, -0.1) is 11.8 Å². The normalized spacial score (nSPS) is 23.3. The molecule has 2 heterocycles. The SMILES string of the molecule is CSc1ccc(N2CC(C(=O)N3CCOC(CC(=O)O)C3)CC2=O)cc1. The van der Waals surface area contributed by atoms with Crippen LogP contribution in [0.4, 0.5) is 5.69 Å². The Hall–Kier alpha value is -2.06. The Labute approximate surface area is 156 Å². The first-order valence-electron chi connectivity index (χ1n) is 8.54. The molecular formula is C18H22N2O5S. The molecule has 2 aliphatic rings. The van der Waals surface area contributed by atoms with Crippen LogP contribution in [0.5, 0.6) is 0 Å². The van der Waals surface area contributed by atoms with E-state index in [1.165, 1.54) is 0 Å². The summed E-state index contributed by atoms with van der Waals surface area (Å²) in [6.07, 6.45) is 1.56. The molecule has 140 valence electrons. The van der Waals surface area contributed by atoms with E-state index >= 15 is 0 Å². The third-order valence-corrected chi connectivity index (χ3v) is 5.45. The molecule has 0 aromatic heterocycles. The van der Waals surface area contributed by atoms with Crippen LogP contribution in [0.2, 0.25) is 0 Å². The molecule has 2 amide bonds. The van der Waals surface area contributed by atoms with E-state index < -0.39 is 18.0 Å². The number of hydrogen-bond donors (Lipinski definition) is 1. The molecule has 0 saturated carbocycles. The van der Waals surface area contributed by atoms with Gasteiger partial charge in [0.05, 0.1) is 25.0 Å². The van der Waals surface area contributed by atoms with Crippen LogP contribution in [-0.4, -0.2) is 66.4 Å². The molecule has 0 bridgehead atoms. The van der Waals surface area contributed by atoms with Crippen LogP contribution < -0.4 is 4.90 Å². The fourth-order valence-corrected chi connectivity index (χ4v) is 3.79. The summed E-state index contributed by atoms with van der Waals surface area (Å²) in [6.45, 7) is 1.38. The molecule has 1 aromatic carbocycles. The van der Waals surface area contributed by atoms with E-state index in [0.29, 0.717) is 19.7 Å². The number of rotatable bonds is 5. The number of carboxylic acids is 1. The minimum atomic E-state index is -0.944. The molecule has 2 unspecified atom stereocenters. The van der Waals surface area contributed by atoms with Crippen molar-refractivity contribution in [2.24, 2.45) is 5.92 Å². The molecule has 0 aliphatic carbocycles. The van der Waals surface area contributed by atoms with Gasteiger partial charge in [-0.3, -0.25) is 14.4 Å². The van der Waals surface area contributed by atoms with Crippen LogP contribution in [0.3, 0.4) is 0 Å². The van der Waals surface area contributed by atoms with Crippen LogP contribution in [0.15, 0.2) is 29.2 Å². The van der Waals surface area contributed by atoms with E-state index in [1.807, 2.05) is 30.5 Å². The Kier molecular flexibility index (Phi) is 5.83. The molecule has 26 heavy (non-hydrogen) atoms. The van der Waals surface area contributed by atoms with Gasteiger partial charge in [-0.05, 0) is 30.5 Å². The van der Waals surface area contributed by atoms with Gasteiger partial charge in [0.25, 0.3) is 0 Å². The average Bonchev–Trinajstić information content (AvgIpc) is 3.02. The number of carboxylic acid groups (broad SMARTS) is 1. The Morgan fingerprint density at radius 2 is 2.00 bits per heavy atom. The predicted octanol–water partition coefficient (Wildman–Crippen LogP) is 1.46. The van der Waals surface area contributed by atoms with Crippen LogP contribution in [-0.2, 0) is 19.1 Å². The quantitative estimate of drug-likeness (QED) is 0.781. The van der Waals surface area contributed by atoms with Gasteiger partial charge in [0.1, 0.15) is 0 Å². The first-order valence-corrected chi connectivity index (χ1v) is 9.77. The van der Waals surface area contributed by atoms with Crippen LogP contribution in [0.25, 0.3) is 0 Å². The summed E-state index contributed by atoms with van der Waals surface area (Å²) in [7, 11) is 0. The van der Waals surface area contributed by atoms with Gasteiger partial charge in [0, 0.05) is 36.6 Å². The maximum atomic E-state index is 12.8. The van der Waals surface area contributed by atoms with Crippen molar-refractivity contribution in [1.29, 1.82) is 0 Å². The van der Waals surface area contributed by atoms with E-state index in [-0.39, 0.29) is 31.2 Å². The van der Waals surface area contributed by atoms with Crippen molar-refractivity contribution < 1.29 is 24.2 Å². The highest BCUT2D eigenvalue weighted by molar-refractivity contribution is 7.98. The van der Waals surface area contributed by atoms with Crippen LogP contribution in [0.1, 0.15) is 12.8 Å². The minimum absolute atomic E-state index is 0.0596. The second kappa shape index (κ2) is 8.09. The van der Waals surface area contributed by atoms with Crippen LogP contribution >= 0.6 is 11.8 Å². The summed E-state index contributed by atoms with van der Waals surface area (Å²) in [6, 6.07) is 7.71. The van der Waals surface area contributed by atoms with Crippen molar-refractivity contribution in [1.82, 2.24) is 4.90 Å². The molecule has 0 spiro atoms. The number of benzene rings is 1. The highest BCUT2D eigenvalue weighted by atomic mass is 32.2. The highest BCUT2D eigenvalue weighted by Gasteiger charge is 2.38. The number of aliphatic carboxylic acids is 1. The van der Waals surface area contributed by atoms with Gasteiger partial charge in [0.2, 0.25) is 11.8 Å². The summed E-state index contributed by atoms with van der Waals surface area (Å²) in [5, 5.41) is 8.90. The molecule has 8 heteroatoms. The van der Waals surface area contributed by atoms with Crippen molar-refractivity contribution in [3.05, 3.63) is 24.3 Å². The van der Waals surface area contributed by atoms with Gasteiger partial charge in [-0.2, -0.15) is 0 Å². The molecular weight excluding hydrogens is 356 g/mol. The van der Waals surface area contributed by atoms with Crippen molar-refractivity contribution >= 4 is 35.2 Å². The first kappa shape index (κ1) is 18.7. The number of carbonyl (C=O) groups is 3. The molecule has 2 fully saturated rings. The number of amides is 2. The van der Waals surface area contributed by atoms with E-state index in [0.717, 1.165) is 10.6 Å². The zero-order valence-corrected chi connectivity index (χ0v) is 15.4. The molecule has 1 N–H and O–H groups in total. The largest absolute Gasteiger partial charge is 0.481 e. The fourth-order valence-electron chi connectivity index (χ4n) is 3.38. The van der Waals surface area contributed by atoms with Gasteiger partial charge < -0.3 is 19.6 Å². The summed E-state index contributed by atoms with van der Waals surface area (Å²) in [4.78, 5) is 40.4. The van der Waals surface area contributed by atoms with Crippen molar-refractivity contribution in [3.63, 3.8) is 0 Å². The van der Waals surface area contributed by atoms with Gasteiger partial charge in [-0.25, -0.2) is 0 Å². The Balaban J connectivity index is 1.63. The molecule has 0 radical (unpaired) electrons. The van der Waals surface area contributed by atoms with E-state index in [9.17, 15) is 14.4 Å². The number of thioether (sulfide) groups is 1. The van der Waals surface area contributed by atoms with Gasteiger partial charge >= 0.3 is 5.97 Å². The Morgan fingerprint density at radius 1 is 1.27 bits per heavy atom. The molecule has 3 rings (SSSR count). The average molecular weight is 378 g/mol. The standard InChI is InChI=1S/C18H22N2O5S/c1-26-15-4-2-13(3-5-15)20-10-12(8-16(20)21)18(24)19-6-7-25-14(11-19)9-17(22)23/h2-5,12,14H,6-11H2,1H3,(H,22,23). The van der Waals surface area contributed by atoms with Crippen LogP contribution in [0, 0.1) is 5.92 Å². The van der Waals surface area contributed by atoms with Gasteiger partial charge in [0.15, 0.2) is 0 Å². The molecule has 2 saturated heterocycles. The van der Waals surface area contributed by atoms with Crippen molar-refractivity contribution in [2.75, 3.05) is 37.4 Å². The smallest absolute Gasteiger partial charge is 0.306 e. The highest BCUT2D eigenvalue weighted by Crippen LogP contribution is 2.28. The van der Waals surface area contributed by atoms with Crippen molar-refractivity contribution in [2.45, 2.75) is 23.8 Å². The Bertz CT molecular complexity index is 693.